The summed E-state index contributed by atoms with van der Waals surface area (Å²) in [5, 5.41) is 2.60. The molecule has 8 nitrogen and oxygen atoms in total. The van der Waals surface area contributed by atoms with Gasteiger partial charge in [-0.15, -0.1) is 0 Å². The molecule has 168 valence electrons. The summed E-state index contributed by atoms with van der Waals surface area (Å²) in [6.45, 7) is 3.38. The van der Waals surface area contributed by atoms with E-state index in [1.165, 1.54) is 0 Å². The molecule has 0 aromatic heterocycles. The van der Waals surface area contributed by atoms with Gasteiger partial charge in [0.2, 0.25) is 11.8 Å². The molecule has 1 aliphatic carbocycles. The molecule has 2 aromatic carbocycles. The highest BCUT2D eigenvalue weighted by atomic mass is 16.5. The first kappa shape index (κ1) is 23.0. The second-order valence-electron chi connectivity index (χ2n) is 7.36. The topological polar surface area (TPSA) is 125 Å². The van der Waals surface area contributed by atoms with Gasteiger partial charge in [0.05, 0.1) is 31.5 Å². The molecule has 0 heterocycles. The highest BCUT2D eigenvalue weighted by molar-refractivity contribution is 5.99. The second kappa shape index (κ2) is 10.1. The van der Waals surface area contributed by atoms with Gasteiger partial charge in [-0.2, -0.15) is 0 Å². The van der Waals surface area contributed by atoms with Crippen LogP contribution in [0.25, 0.3) is 11.1 Å². The zero-order chi connectivity index (χ0) is 23.3. The summed E-state index contributed by atoms with van der Waals surface area (Å²) in [6.07, 6.45) is -0.446. The SMILES string of the molecule is CCOC(=O)C[C@H](C(=O)OCC)[C@@H](NC(=O)C1c2ccccc2-c2ccccc21)C(N)=O. The van der Waals surface area contributed by atoms with Crippen molar-refractivity contribution in [2.45, 2.75) is 32.2 Å². The number of hydrogen-bond donors (Lipinski definition) is 2. The minimum absolute atomic E-state index is 0.0426. The molecule has 0 bridgehead atoms. The fraction of sp³-hybridized carbons (Fsp3) is 0.333. The summed E-state index contributed by atoms with van der Waals surface area (Å²) < 4.78 is 9.94. The van der Waals surface area contributed by atoms with Crippen LogP contribution in [0, 0.1) is 5.92 Å². The van der Waals surface area contributed by atoms with Crippen LogP contribution in [0.4, 0.5) is 0 Å². The quantitative estimate of drug-likeness (QED) is 0.576. The normalized spacial score (nSPS) is 13.9. The van der Waals surface area contributed by atoms with Gasteiger partial charge >= 0.3 is 11.9 Å². The lowest BCUT2D eigenvalue weighted by molar-refractivity contribution is -0.157. The lowest BCUT2D eigenvalue weighted by Crippen LogP contribution is -2.53. The number of nitrogens with one attached hydrogen (secondary N) is 1. The molecule has 0 saturated heterocycles. The van der Waals surface area contributed by atoms with Crippen molar-refractivity contribution in [3.8, 4) is 11.1 Å². The number of rotatable bonds is 9. The third-order valence-corrected chi connectivity index (χ3v) is 5.38. The largest absolute Gasteiger partial charge is 0.466 e. The maximum atomic E-state index is 13.4. The molecule has 32 heavy (non-hydrogen) atoms. The van der Waals surface area contributed by atoms with Crippen molar-refractivity contribution >= 4 is 23.8 Å². The fourth-order valence-corrected chi connectivity index (χ4v) is 4.03. The fourth-order valence-electron chi connectivity index (χ4n) is 4.03. The number of primary amides is 1. The van der Waals surface area contributed by atoms with Gasteiger partial charge in [-0.3, -0.25) is 19.2 Å². The minimum Gasteiger partial charge on any atom is -0.466 e. The van der Waals surface area contributed by atoms with E-state index in [0.717, 1.165) is 22.3 Å². The molecule has 0 aliphatic heterocycles. The Morgan fingerprint density at radius 3 is 1.94 bits per heavy atom. The van der Waals surface area contributed by atoms with Crippen molar-refractivity contribution in [2.75, 3.05) is 13.2 Å². The average Bonchev–Trinajstić information content (AvgIpc) is 3.11. The van der Waals surface area contributed by atoms with E-state index in [9.17, 15) is 19.2 Å². The molecule has 3 N–H and O–H groups in total. The lowest BCUT2D eigenvalue weighted by atomic mass is 9.92. The van der Waals surface area contributed by atoms with E-state index < -0.39 is 48.1 Å². The maximum absolute atomic E-state index is 13.4. The molecule has 0 saturated carbocycles. The number of ether oxygens (including phenoxy) is 2. The van der Waals surface area contributed by atoms with Crippen LogP contribution in [0.2, 0.25) is 0 Å². The number of nitrogens with two attached hydrogens (primary N) is 1. The maximum Gasteiger partial charge on any atom is 0.312 e. The third kappa shape index (κ3) is 4.64. The molecule has 8 heteroatoms. The number of carbonyl (C=O) groups is 4. The second-order valence-corrected chi connectivity index (χ2v) is 7.36. The van der Waals surface area contributed by atoms with E-state index in [1.807, 2.05) is 48.5 Å². The molecule has 0 fully saturated rings. The number of fused-ring (bicyclic) bond motifs is 3. The number of esters is 2. The summed E-state index contributed by atoms with van der Waals surface area (Å²) in [5.41, 5.74) is 8.96. The predicted octanol–water partition coefficient (Wildman–Crippen LogP) is 1.90. The van der Waals surface area contributed by atoms with Gasteiger partial charge in [0, 0.05) is 0 Å². The minimum atomic E-state index is -1.44. The number of benzene rings is 2. The molecule has 0 spiro atoms. The first-order chi connectivity index (χ1) is 15.4. The summed E-state index contributed by atoms with van der Waals surface area (Å²) in [5.74, 6) is -4.93. The lowest BCUT2D eigenvalue weighted by Gasteiger charge is -2.25. The molecule has 3 rings (SSSR count). The third-order valence-electron chi connectivity index (χ3n) is 5.38. The van der Waals surface area contributed by atoms with Crippen LogP contribution in [-0.2, 0) is 28.7 Å². The van der Waals surface area contributed by atoms with Gasteiger partial charge < -0.3 is 20.5 Å². The summed E-state index contributed by atoms with van der Waals surface area (Å²) in [7, 11) is 0. The van der Waals surface area contributed by atoms with E-state index >= 15 is 0 Å². The van der Waals surface area contributed by atoms with Crippen molar-refractivity contribution in [1.29, 1.82) is 0 Å². The molecule has 2 atom stereocenters. The van der Waals surface area contributed by atoms with Gasteiger partial charge in [-0.25, -0.2) is 0 Å². The summed E-state index contributed by atoms with van der Waals surface area (Å²) >= 11 is 0. The molecule has 1 aliphatic rings. The smallest absolute Gasteiger partial charge is 0.312 e. The number of amides is 2. The van der Waals surface area contributed by atoms with Crippen molar-refractivity contribution in [1.82, 2.24) is 5.32 Å². The summed E-state index contributed by atoms with van der Waals surface area (Å²) in [6, 6.07) is 13.5. The number of hydrogen-bond acceptors (Lipinski definition) is 6. The first-order valence-electron chi connectivity index (χ1n) is 10.5. The zero-order valence-electron chi connectivity index (χ0n) is 18.0. The monoisotopic (exact) mass is 438 g/mol. The molecular weight excluding hydrogens is 412 g/mol. The molecule has 2 amide bonds. The van der Waals surface area contributed by atoms with Crippen LogP contribution >= 0.6 is 0 Å². The molecular formula is C24H26N2O6. The van der Waals surface area contributed by atoms with E-state index in [-0.39, 0.29) is 13.2 Å². The van der Waals surface area contributed by atoms with Crippen LogP contribution in [0.3, 0.4) is 0 Å². The van der Waals surface area contributed by atoms with E-state index in [1.54, 1.807) is 13.8 Å². The Labute approximate surface area is 186 Å². The predicted molar refractivity (Wildman–Crippen MR) is 116 cm³/mol. The standard InChI is InChI=1S/C24H26N2O6/c1-3-31-19(27)13-18(24(30)32-4-2)21(22(25)28)26-23(29)20-16-11-7-5-9-14(16)15-10-6-8-12-17(15)20/h5-12,18,20-21H,3-4,13H2,1-2H3,(H2,25,28)(H,26,29)/t18-,21+/m0/s1. The summed E-state index contributed by atoms with van der Waals surface area (Å²) in [4.78, 5) is 50.3. The van der Waals surface area contributed by atoms with Crippen LogP contribution in [0.5, 0.6) is 0 Å². The van der Waals surface area contributed by atoms with E-state index in [4.69, 9.17) is 15.2 Å². The van der Waals surface area contributed by atoms with E-state index in [2.05, 4.69) is 5.32 Å². The van der Waals surface area contributed by atoms with Crippen molar-refractivity contribution < 1.29 is 28.7 Å². The Morgan fingerprint density at radius 2 is 1.44 bits per heavy atom. The van der Waals surface area contributed by atoms with Gasteiger partial charge in [-0.1, -0.05) is 48.5 Å². The average molecular weight is 438 g/mol. The van der Waals surface area contributed by atoms with Crippen molar-refractivity contribution in [3.05, 3.63) is 59.7 Å². The van der Waals surface area contributed by atoms with Gasteiger partial charge in [0.25, 0.3) is 0 Å². The Bertz CT molecular complexity index is 989. The highest BCUT2D eigenvalue weighted by Crippen LogP contribution is 2.44. The zero-order valence-corrected chi connectivity index (χ0v) is 18.0. The van der Waals surface area contributed by atoms with E-state index in [0.29, 0.717) is 0 Å². The Morgan fingerprint density at radius 1 is 0.906 bits per heavy atom. The van der Waals surface area contributed by atoms with Crippen molar-refractivity contribution in [2.24, 2.45) is 11.7 Å². The Hall–Kier alpha value is -3.68. The molecule has 2 aromatic rings. The van der Waals surface area contributed by atoms with Gasteiger partial charge in [0.1, 0.15) is 6.04 Å². The van der Waals surface area contributed by atoms with Crippen LogP contribution in [0.15, 0.2) is 48.5 Å². The Kier molecular flexibility index (Phi) is 7.25. The van der Waals surface area contributed by atoms with Gasteiger partial charge in [0.15, 0.2) is 0 Å². The van der Waals surface area contributed by atoms with Crippen LogP contribution in [-0.4, -0.2) is 43.0 Å². The van der Waals surface area contributed by atoms with Crippen LogP contribution in [0.1, 0.15) is 37.3 Å². The van der Waals surface area contributed by atoms with Crippen molar-refractivity contribution in [3.63, 3.8) is 0 Å². The Balaban J connectivity index is 1.92. The molecule has 0 unspecified atom stereocenters. The number of carbonyl (C=O) groups excluding carboxylic acids is 4. The first-order valence-corrected chi connectivity index (χ1v) is 10.5. The van der Waals surface area contributed by atoms with Gasteiger partial charge in [-0.05, 0) is 36.1 Å². The molecule has 0 radical (unpaired) electrons. The highest BCUT2D eigenvalue weighted by Gasteiger charge is 2.40. The van der Waals surface area contributed by atoms with Crippen LogP contribution < -0.4 is 11.1 Å².